The van der Waals surface area contributed by atoms with E-state index in [2.05, 4.69) is 10.2 Å². The number of rotatable bonds is 2. The molecule has 2 aromatic rings. The van der Waals surface area contributed by atoms with E-state index in [1.165, 1.54) is 12.1 Å². The van der Waals surface area contributed by atoms with Crippen LogP contribution < -0.4 is 4.74 Å². The monoisotopic (exact) mass is 204 g/mol. The minimum atomic E-state index is -0.619. The summed E-state index contributed by atoms with van der Waals surface area (Å²) in [6, 6.07) is 10.1. The molecule has 76 valence electrons. The topological polar surface area (TPSA) is 35.0 Å². The first-order valence-corrected chi connectivity index (χ1v) is 4.48. The fourth-order valence-corrected chi connectivity index (χ4v) is 1.16. The van der Waals surface area contributed by atoms with Crippen LogP contribution in [0.1, 0.15) is 5.56 Å². The molecule has 2 rings (SSSR count). The van der Waals surface area contributed by atoms with Crippen molar-refractivity contribution in [2.75, 3.05) is 0 Å². The summed E-state index contributed by atoms with van der Waals surface area (Å²) in [5.41, 5.74) is 1.09. The van der Waals surface area contributed by atoms with Crippen LogP contribution in [0.4, 0.5) is 4.39 Å². The van der Waals surface area contributed by atoms with E-state index in [4.69, 9.17) is 4.74 Å². The number of aryl methyl sites for hydroxylation is 1. The Morgan fingerprint density at radius 1 is 1.13 bits per heavy atom. The van der Waals surface area contributed by atoms with E-state index in [0.29, 0.717) is 5.75 Å². The molecule has 0 atom stereocenters. The number of hydrogen-bond donors (Lipinski definition) is 0. The highest BCUT2D eigenvalue weighted by Gasteiger charge is 1.99. The summed E-state index contributed by atoms with van der Waals surface area (Å²) in [4.78, 5) is 0. The van der Waals surface area contributed by atoms with Gasteiger partial charge in [0.25, 0.3) is 0 Å². The van der Waals surface area contributed by atoms with Crippen LogP contribution in [-0.2, 0) is 0 Å². The molecule has 1 heterocycles. The van der Waals surface area contributed by atoms with Crippen LogP contribution in [0.15, 0.2) is 36.4 Å². The zero-order chi connectivity index (χ0) is 10.7. The lowest BCUT2D eigenvalue weighted by Crippen LogP contribution is -1.92. The van der Waals surface area contributed by atoms with Gasteiger partial charge in [-0.15, -0.1) is 10.2 Å². The number of benzene rings is 1. The van der Waals surface area contributed by atoms with Gasteiger partial charge in [0.05, 0.1) is 0 Å². The van der Waals surface area contributed by atoms with Crippen LogP contribution in [-0.4, -0.2) is 10.2 Å². The maximum Gasteiger partial charge on any atom is 0.239 e. The van der Waals surface area contributed by atoms with E-state index < -0.39 is 5.95 Å². The lowest BCUT2D eigenvalue weighted by molar-refractivity contribution is 0.443. The third-order valence-electron chi connectivity index (χ3n) is 1.82. The molecule has 0 amide bonds. The van der Waals surface area contributed by atoms with Crippen molar-refractivity contribution in [3.05, 3.63) is 47.9 Å². The first-order chi connectivity index (χ1) is 7.24. The van der Waals surface area contributed by atoms with E-state index in [9.17, 15) is 4.39 Å². The second-order valence-corrected chi connectivity index (χ2v) is 3.11. The maximum atomic E-state index is 12.5. The molecule has 0 aliphatic rings. The average molecular weight is 204 g/mol. The maximum absolute atomic E-state index is 12.5. The minimum absolute atomic E-state index is 0.280. The SMILES string of the molecule is Cc1cccc(Oc2ccc(F)nn2)c1. The molecule has 0 unspecified atom stereocenters. The number of halogens is 1. The predicted molar refractivity (Wildman–Crippen MR) is 53.2 cm³/mol. The third-order valence-corrected chi connectivity index (χ3v) is 1.82. The van der Waals surface area contributed by atoms with Gasteiger partial charge in [-0.25, -0.2) is 0 Å². The largest absolute Gasteiger partial charge is 0.438 e. The highest BCUT2D eigenvalue weighted by Crippen LogP contribution is 2.19. The molecular formula is C11H9FN2O. The predicted octanol–water partition coefficient (Wildman–Crippen LogP) is 2.72. The molecule has 0 fully saturated rings. The Morgan fingerprint density at radius 2 is 2.00 bits per heavy atom. The number of nitrogens with zero attached hydrogens (tertiary/aromatic N) is 2. The van der Waals surface area contributed by atoms with Crippen LogP contribution in [0, 0.1) is 12.9 Å². The quantitative estimate of drug-likeness (QED) is 0.754. The van der Waals surface area contributed by atoms with Crippen LogP contribution in [0.2, 0.25) is 0 Å². The van der Waals surface area contributed by atoms with E-state index >= 15 is 0 Å². The molecule has 0 bridgehead atoms. The zero-order valence-electron chi connectivity index (χ0n) is 8.14. The first kappa shape index (κ1) is 9.58. The van der Waals surface area contributed by atoms with E-state index in [1.54, 1.807) is 6.07 Å². The van der Waals surface area contributed by atoms with E-state index in [-0.39, 0.29) is 5.88 Å². The summed E-state index contributed by atoms with van der Waals surface area (Å²) in [7, 11) is 0. The van der Waals surface area contributed by atoms with Crippen LogP contribution >= 0.6 is 0 Å². The zero-order valence-corrected chi connectivity index (χ0v) is 8.14. The van der Waals surface area contributed by atoms with Gasteiger partial charge >= 0.3 is 0 Å². The summed E-state index contributed by atoms with van der Waals surface area (Å²) in [5.74, 6) is 0.324. The normalized spacial score (nSPS) is 10.0. The summed E-state index contributed by atoms with van der Waals surface area (Å²) in [5, 5.41) is 6.81. The lowest BCUT2D eigenvalue weighted by Gasteiger charge is -2.03. The highest BCUT2D eigenvalue weighted by molar-refractivity contribution is 5.30. The Bertz CT molecular complexity index is 456. The fraction of sp³-hybridized carbons (Fsp3) is 0.0909. The molecule has 0 aliphatic heterocycles. The van der Waals surface area contributed by atoms with Crippen molar-refractivity contribution >= 4 is 0 Å². The lowest BCUT2D eigenvalue weighted by atomic mass is 10.2. The molecule has 0 N–H and O–H groups in total. The number of hydrogen-bond acceptors (Lipinski definition) is 3. The Balaban J connectivity index is 2.18. The number of aromatic nitrogens is 2. The van der Waals surface area contributed by atoms with Crippen molar-refractivity contribution in [3.63, 3.8) is 0 Å². The van der Waals surface area contributed by atoms with E-state index in [0.717, 1.165) is 5.56 Å². The number of ether oxygens (including phenoxy) is 1. The van der Waals surface area contributed by atoms with Gasteiger partial charge in [-0.2, -0.15) is 4.39 Å². The van der Waals surface area contributed by atoms with Crippen molar-refractivity contribution in [3.8, 4) is 11.6 Å². The third kappa shape index (κ3) is 2.49. The fourth-order valence-electron chi connectivity index (χ4n) is 1.16. The van der Waals surface area contributed by atoms with Gasteiger partial charge in [0.15, 0.2) is 0 Å². The molecule has 3 nitrogen and oxygen atoms in total. The molecule has 0 radical (unpaired) electrons. The first-order valence-electron chi connectivity index (χ1n) is 4.48. The molecule has 1 aromatic heterocycles. The van der Waals surface area contributed by atoms with E-state index in [1.807, 2.05) is 25.1 Å². The minimum Gasteiger partial charge on any atom is -0.438 e. The molecule has 1 aromatic carbocycles. The van der Waals surface area contributed by atoms with Gasteiger partial charge in [0.2, 0.25) is 11.8 Å². The molecule has 15 heavy (non-hydrogen) atoms. The van der Waals surface area contributed by atoms with Crippen molar-refractivity contribution in [1.29, 1.82) is 0 Å². The van der Waals surface area contributed by atoms with Gasteiger partial charge in [-0.05, 0) is 24.6 Å². The van der Waals surface area contributed by atoms with Gasteiger partial charge < -0.3 is 4.74 Å². The van der Waals surface area contributed by atoms with Gasteiger partial charge in [-0.3, -0.25) is 0 Å². The molecule has 0 saturated heterocycles. The van der Waals surface area contributed by atoms with Crippen LogP contribution in [0.5, 0.6) is 11.6 Å². The molecule has 0 spiro atoms. The van der Waals surface area contributed by atoms with Gasteiger partial charge in [0, 0.05) is 12.1 Å². The van der Waals surface area contributed by atoms with Crippen LogP contribution in [0.3, 0.4) is 0 Å². The summed E-state index contributed by atoms with van der Waals surface area (Å²) in [6.45, 7) is 1.96. The second-order valence-electron chi connectivity index (χ2n) is 3.11. The Labute approximate surface area is 86.5 Å². The van der Waals surface area contributed by atoms with Crippen molar-refractivity contribution in [2.24, 2.45) is 0 Å². The smallest absolute Gasteiger partial charge is 0.239 e. The van der Waals surface area contributed by atoms with Gasteiger partial charge in [0.1, 0.15) is 5.75 Å². The summed E-state index contributed by atoms with van der Waals surface area (Å²) >= 11 is 0. The van der Waals surface area contributed by atoms with Crippen molar-refractivity contribution in [1.82, 2.24) is 10.2 Å². The van der Waals surface area contributed by atoms with Crippen molar-refractivity contribution < 1.29 is 9.13 Å². The molecule has 0 aliphatic carbocycles. The Hall–Kier alpha value is -1.97. The summed E-state index contributed by atoms with van der Waals surface area (Å²) in [6.07, 6.45) is 0. The molecule has 4 heteroatoms. The summed E-state index contributed by atoms with van der Waals surface area (Å²) < 4.78 is 17.8. The Morgan fingerprint density at radius 3 is 2.67 bits per heavy atom. The van der Waals surface area contributed by atoms with Crippen LogP contribution in [0.25, 0.3) is 0 Å². The Kier molecular flexibility index (Phi) is 2.58. The van der Waals surface area contributed by atoms with Crippen molar-refractivity contribution in [2.45, 2.75) is 6.92 Å². The standard InChI is InChI=1S/C11H9FN2O/c1-8-3-2-4-9(7-8)15-11-6-5-10(12)13-14-11/h2-7H,1H3. The molecular weight excluding hydrogens is 195 g/mol. The highest BCUT2D eigenvalue weighted by atomic mass is 19.1. The second kappa shape index (κ2) is 4.04. The average Bonchev–Trinajstić information content (AvgIpc) is 2.22. The molecule has 0 saturated carbocycles. The van der Waals surface area contributed by atoms with Gasteiger partial charge in [-0.1, -0.05) is 12.1 Å².